The van der Waals surface area contributed by atoms with E-state index in [9.17, 15) is 9.90 Å². The van der Waals surface area contributed by atoms with Crippen molar-refractivity contribution in [3.63, 3.8) is 0 Å². The molecule has 4 heteroatoms. The molecule has 0 aliphatic carbocycles. The molecule has 2 nitrogen and oxygen atoms in total. The van der Waals surface area contributed by atoms with Crippen molar-refractivity contribution in [3.8, 4) is 5.75 Å². The predicted molar refractivity (Wildman–Crippen MR) is 72.7 cm³/mol. The molecule has 2 aromatic rings. The molecule has 0 aromatic heterocycles. The smallest absolute Gasteiger partial charge is 0.198 e. The van der Waals surface area contributed by atoms with E-state index in [0.29, 0.717) is 15.6 Å². The minimum atomic E-state index is -0.321. The summed E-state index contributed by atoms with van der Waals surface area (Å²) in [5, 5.41) is 10.5. The zero-order valence-electron chi connectivity index (χ0n) is 9.58. The molecule has 0 unspecified atom stereocenters. The van der Waals surface area contributed by atoms with Crippen molar-refractivity contribution in [3.05, 3.63) is 63.1 Å². The zero-order valence-corrected chi connectivity index (χ0v) is 11.1. The third-order valence-corrected chi connectivity index (χ3v) is 3.14. The van der Waals surface area contributed by atoms with E-state index in [1.54, 1.807) is 18.2 Å². The van der Waals surface area contributed by atoms with E-state index < -0.39 is 0 Å². The van der Waals surface area contributed by atoms with Crippen molar-refractivity contribution in [1.82, 2.24) is 0 Å². The topological polar surface area (TPSA) is 37.3 Å². The van der Waals surface area contributed by atoms with Crippen molar-refractivity contribution >= 4 is 29.0 Å². The summed E-state index contributed by atoms with van der Waals surface area (Å²) in [5.41, 5.74) is 1.48. The molecule has 92 valence electrons. The Balaban J connectivity index is 2.51. The van der Waals surface area contributed by atoms with Gasteiger partial charge >= 0.3 is 0 Å². The summed E-state index contributed by atoms with van der Waals surface area (Å²) in [6.07, 6.45) is 0. The van der Waals surface area contributed by atoms with E-state index in [1.807, 2.05) is 13.0 Å². The van der Waals surface area contributed by atoms with Crippen LogP contribution in [0.5, 0.6) is 5.75 Å². The number of aromatic hydroxyl groups is 1. The Bertz CT molecular complexity index is 621. The fourth-order valence-corrected chi connectivity index (χ4v) is 2.02. The Morgan fingerprint density at radius 1 is 1.06 bits per heavy atom. The van der Waals surface area contributed by atoms with E-state index in [1.165, 1.54) is 12.1 Å². The van der Waals surface area contributed by atoms with E-state index in [-0.39, 0.29) is 17.1 Å². The highest BCUT2D eigenvalue weighted by Crippen LogP contribution is 2.27. The molecule has 0 saturated carbocycles. The minimum Gasteiger partial charge on any atom is -0.507 e. The number of carbonyl (C=O) groups excluding carboxylic acids is 1. The summed E-state index contributed by atoms with van der Waals surface area (Å²) in [6.45, 7) is 1.87. The molecular weight excluding hydrogens is 271 g/mol. The second-order valence-corrected chi connectivity index (χ2v) is 4.82. The second kappa shape index (κ2) is 5.01. The van der Waals surface area contributed by atoms with Gasteiger partial charge in [-0.3, -0.25) is 4.79 Å². The number of rotatable bonds is 2. The summed E-state index contributed by atoms with van der Waals surface area (Å²) in [6, 6.07) is 9.55. The summed E-state index contributed by atoms with van der Waals surface area (Å²) >= 11 is 11.7. The van der Waals surface area contributed by atoms with Gasteiger partial charge in [-0.2, -0.15) is 0 Å². The second-order valence-electron chi connectivity index (χ2n) is 3.97. The van der Waals surface area contributed by atoms with Gasteiger partial charge in [-0.25, -0.2) is 0 Å². The predicted octanol–water partition coefficient (Wildman–Crippen LogP) is 4.24. The third-order valence-electron chi connectivity index (χ3n) is 2.57. The largest absolute Gasteiger partial charge is 0.507 e. The van der Waals surface area contributed by atoms with Crippen LogP contribution in [0.25, 0.3) is 0 Å². The van der Waals surface area contributed by atoms with Crippen LogP contribution in [-0.4, -0.2) is 10.9 Å². The number of hydrogen-bond acceptors (Lipinski definition) is 2. The Morgan fingerprint density at radius 3 is 2.44 bits per heavy atom. The Morgan fingerprint density at radius 2 is 1.78 bits per heavy atom. The number of benzene rings is 2. The molecule has 0 fully saturated rings. The van der Waals surface area contributed by atoms with Gasteiger partial charge in [-0.05, 0) is 37.3 Å². The van der Waals surface area contributed by atoms with Crippen LogP contribution < -0.4 is 0 Å². The fourth-order valence-electron chi connectivity index (χ4n) is 1.66. The van der Waals surface area contributed by atoms with Gasteiger partial charge in [0, 0.05) is 10.6 Å². The van der Waals surface area contributed by atoms with Crippen molar-refractivity contribution in [1.29, 1.82) is 0 Å². The molecule has 0 heterocycles. The lowest BCUT2D eigenvalue weighted by molar-refractivity contribution is 0.103. The highest BCUT2D eigenvalue weighted by molar-refractivity contribution is 6.35. The van der Waals surface area contributed by atoms with Crippen molar-refractivity contribution < 1.29 is 9.90 Å². The molecule has 0 bridgehead atoms. The monoisotopic (exact) mass is 280 g/mol. The van der Waals surface area contributed by atoms with Crippen LogP contribution in [0.1, 0.15) is 21.5 Å². The first kappa shape index (κ1) is 12.9. The van der Waals surface area contributed by atoms with Crippen LogP contribution in [0, 0.1) is 6.92 Å². The van der Waals surface area contributed by atoms with E-state index in [4.69, 9.17) is 23.2 Å². The van der Waals surface area contributed by atoms with Crippen LogP contribution in [0.15, 0.2) is 36.4 Å². The quantitative estimate of drug-likeness (QED) is 0.836. The maximum atomic E-state index is 12.3. The number of ketones is 1. The summed E-state index contributed by atoms with van der Waals surface area (Å²) in [5.74, 6) is -0.470. The van der Waals surface area contributed by atoms with Gasteiger partial charge in [0.05, 0.1) is 10.6 Å². The Labute approximate surface area is 115 Å². The van der Waals surface area contributed by atoms with E-state index in [2.05, 4.69) is 0 Å². The molecule has 0 aliphatic heterocycles. The molecule has 2 rings (SSSR count). The van der Waals surface area contributed by atoms with Gasteiger partial charge in [0.15, 0.2) is 5.78 Å². The lowest BCUT2D eigenvalue weighted by Crippen LogP contribution is -2.03. The molecule has 0 amide bonds. The standard InChI is InChI=1S/C14H10Cl2O2/c1-8-2-5-12(16)11(6-8)14(18)10-4-3-9(15)7-13(10)17/h2-7,17H,1H3. The SMILES string of the molecule is Cc1ccc(Cl)c(C(=O)c2ccc(Cl)cc2O)c1. The first-order valence-corrected chi connectivity index (χ1v) is 6.04. The molecule has 18 heavy (non-hydrogen) atoms. The van der Waals surface area contributed by atoms with Gasteiger partial charge in [0.2, 0.25) is 0 Å². The van der Waals surface area contributed by atoms with Crippen molar-refractivity contribution in [2.45, 2.75) is 6.92 Å². The average Bonchev–Trinajstić information content (AvgIpc) is 2.31. The maximum Gasteiger partial charge on any atom is 0.198 e. The number of phenolic OH excluding ortho intramolecular Hbond substituents is 1. The Kier molecular flexibility index (Phi) is 3.60. The van der Waals surface area contributed by atoms with Gasteiger partial charge in [-0.15, -0.1) is 0 Å². The van der Waals surface area contributed by atoms with Crippen LogP contribution in [-0.2, 0) is 0 Å². The summed E-state index contributed by atoms with van der Waals surface area (Å²) in [7, 11) is 0. The third kappa shape index (κ3) is 2.50. The van der Waals surface area contributed by atoms with Gasteiger partial charge in [0.25, 0.3) is 0 Å². The van der Waals surface area contributed by atoms with Crippen molar-refractivity contribution in [2.24, 2.45) is 0 Å². The lowest BCUT2D eigenvalue weighted by Gasteiger charge is -2.07. The fraction of sp³-hybridized carbons (Fsp3) is 0.0714. The normalized spacial score (nSPS) is 10.4. The number of hydrogen-bond donors (Lipinski definition) is 1. The highest BCUT2D eigenvalue weighted by atomic mass is 35.5. The van der Waals surface area contributed by atoms with Crippen molar-refractivity contribution in [2.75, 3.05) is 0 Å². The molecule has 0 aliphatic rings. The molecule has 0 saturated heterocycles. The number of phenols is 1. The molecule has 0 atom stereocenters. The van der Waals surface area contributed by atoms with Crippen LogP contribution in [0.4, 0.5) is 0 Å². The van der Waals surface area contributed by atoms with Gasteiger partial charge < -0.3 is 5.11 Å². The van der Waals surface area contributed by atoms with Gasteiger partial charge in [-0.1, -0.05) is 34.8 Å². The number of carbonyl (C=O) groups is 1. The molecule has 1 N–H and O–H groups in total. The number of halogens is 2. The summed E-state index contributed by atoms with van der Waals surface area (Å²) < 4.78 is 0. The van der Waals surface area contributed by atoms with Crippen LogP contribution in [0.2, 0.25) is 10.0 Å². The maximum absolute atomic E-state index is 12.3. The first-order valence-electron chi connectivity index (χ1n) is 5.28. The number of aryl methyl sites for hydroxylation is 1. The molecule has 2 aromatic carbocycles. The lowest BCUT2D eigenvalue weighted by atomic mass is 10.0. The summed E-state index contributed by atoms with van der Waals surface area (Å²) in [4.78, 5) is 12.3. The average molecular weight is 281 g/mol. The molecule has 0 radical (unpaired) electrons. The first-order chi connectivity index (χ1) is 8.49. The van der Waals surface area contributed by atoms with Gasteiger partial charge in [0.1, 0.15) is 5.75 Å². The highest BCUT2D eigenvalue weighted by Gasteiger charge is 2.16. The molecule has 0 spiro atoms. The molecular formula is C14H10Cl2O2. The van der Waals surface area contributed by atoms with E-state index in [0.717, 1.165) is 5.56 Å². The zero-order chi connectivity index (χ0) is 13.3. The van der Waals surface area contributed by atoms with Crippen LogP contribution >= 0.6 is 23.2 Å². The van der Waals surface area contributed by atoms with Crippen LogP contribution in [0.3, 0.4) is 0 Å². The minimum absolute atomic E-state index is 0.148. The van der Waals surface area contributed by atoms with E-state index >= 15 is 0 Å². The Hall–Kier alpha value is -1.51.